The molecule has 1 atom stereocenters. The number of hydrogen-bond donors (Lipinski definition) is 1. The first kappa shape index (κ1) is 22.0. The molecule has 1 amide bonds. The molecule has 0 aromatic heterocycles. The van der Waals surface area contributed by atoms with Crippen LogP contribution in [0.4, 0.5) is 5.69 Å². The number of benzene rings is 1. The summed E-state index contributed by atoms with van der Waals surface area (Å²) in [5.74, 6) is 0.173. The van der Waals surface area contributed by atoms with Gasteiger partial charge in [0, 0.05) is 23.6 Å². The second kappa shape index (κ2) is 9.05. The average molecular weight is 368 g/mol. The van der Waals surface area contributed by atoms with Crippen LogP contribution in [0.3, 0.4) is 0 Å². The van der Waals surface area contributed by atoms with Gasteiger partial charge in [0.1, 0.15) is 0 Å². The van der Waals surface area contributed by atoms with Gasteiger partial charge in [-0.2, -0.15) is 0 Å². The number of halogens is 1. The average Bonchev–Trinajstić information content (AvgIpc) is 3.40. The monoisotopic (exact) mass is 367 g/mol. The van der Waals surface area contributed by atoms with E-state index in [1.54, 1.807) is 0 Å². The Hall–Kier alpha value is -1.06. The highest BCUT2D eigenvalue weighted by molar-refractivity contribution is 6.30. The number of carbonyl (C=O) groups excluding carboxylic acids is 1. The summed E-state index contributed by atoms with van der Waals surface area (Å²) in [6.45, 7) is 14.5. The van der Waals surface area contributed by atoms with Crippen LogP contribution in [0.15, 0.2) is 12.1 Å². The quantitative estimate of drug-likeness (QED) is 0.613. The minimum Gasteiger partial charge on any atom is -0.320 e. The fraction of sp³-hybridized carbons (Fsp3) is 0.667. The van der Waals surface area contributed by atoms with Gasteiger partial charge in [-0.05, 0) is 50.5 Å². The summed E-state index contributed by atoms with van der Waals surface area (Å²) in [5.41, 5.74) is 2.73. The van der Waals surface area contributed by atoms with Crippen LogP contribution in [0, 0.1) is 13.8 Å². The number of hydrogen-bond acceptors (Lipinski definition) is 1. The maximum absolute atomic E-state index is 13.1. The topological polar surface area (TPSA) is 29.1 Å². The van der Waals surface area contributed by atoms with Gasteiger partial charge in [0.05, 0.1) is 20.1 Å². The maximum Gasteiger partial charge on any atom is 0.285 e. The summed E-state index contributed by atoms with van der Waals surface area (Å²) in [7, 11) is 2.24. The van der Waals surface area contributed by atoms with Crippen LogP contribution in [0.1, 0.15) is 64.5 Å². The molecule has 1 unspecified atom stereocenters. The maximum atomic E-state index is 13.1. The Kier molecular flexibility index (Phi) is 7.95. The molecule has 4 heteroatoms. The number of anilines is 1. The minimum absolute atomic E-state index is 0.173. The first-order chi connectivity index (χ1) is 11.8. The molecule has 1 saturated carbocycles. The van der Waals surface area contributed by atoms with E-state index in [0.29, 0.717) is 0 Å². The van der Waals surface area contributed by atoms with Crippen molar-refractivity contribution in [1.29, 1.82) is 0 Å². The lowest BCUT2D eigenvalue weighted by atomic mass is 10.1. The van der Waals surface area contributed by atoms with Gasteiger partial charge in [-0.25, -0.2) is 0 Å². The molecule has 25 heavy (non-hydrogen) atoms. The van der Waals surface area contributed by atoms with Crippen LogP contribution < -0.4 is 5.32 Å². The lowest BCUT2D eigenvalue weighted by Crippen LogP contribution is -2.60. The molecule has 1 fully saturated rings. The smallest absolute Gasteiger partial charge is 0.285 e. The molecule has 142 valence electrons. The molecule has 1 aromatic rings. The predicted octanol–water partition coefficient (Wildman–Crippen LogP) is 5.72. The fourth-order valence-corrected chi connectivity index (χ4v) is 3.98. The number of rotatable bonds is 7. The van der Waals surface area contributed by atoms with Gasteiger partial charge in [-0.15, -0.1) is 0 Å². The summed E-state index contributed by atoms with van der Waals surface area (Å²) in [6.07, 6.45) is 4.30. The number of quaternary nitrogens is 1. The molecular weight excluding hydrogens is 332 g/mol. The third-order valence-electron chi connectivity index (χ3n) is 5.62. The molecule has 1 aliphatic carbocycles. The number of amides is 1. The number of carbonyl (C=O) groups is 1. The summed E-state index contributed by atoms with van der Waals surface area (Å²) >= 11 is 6.10. The second-order valence-electron chi connectivity index (χ2n) is 7.19. The van der Waals surface area contributed by atoms with Crippen molar-refractivity contribution >= 4 is 23.2 Å². The third-order valence-corrected chi connectivity index (χ3v) is 5.84. The SMILES string of the molecule is CC.CCCC[N+](C)(CC)C1(C(=O)Nc2c(C)cc(Cl)cc2C)CC1. The van der Waals surface area contributed by atoms with Gasteiger partial charge < -0.3 is 9.80 Å². The zero-order valence-electron chi connectivity index (χ0n) is 17.1. The summed E-state index contributed by atoms with van der Waals surface area (Å²) in [6, 6.07) is 3.82. The van der Waals surface area contributed by atoms with Gasteiger partial charge in [0.15, 0.2) is 5.54 Å². The van der Waals surface area contributed by atoms with Crippen molar-refractivity contribution in [3.63, 3.8) is 0 Å². The summed E-state index contributed by atoms with van der Waals surface area (Å²) in [5, 5.41) is 3.93. The Morgan fingerprint density at radius 1 is 1.20 bits per heavy atom. The molecule has 0 heterocycles. The van der Waals surface area contributed by atoms with Crippen LogP contribution in [-0.2, 0) is 4.79 Å². The van der Waals surface area contributed by atoms with Crippen LogP contribution in [0.5, 0.6) is 0 Å². The van der Waals surface area contributed by atoms with E-state index in [4.69, 9.17) is 11.6 Å². The first-order valence-electron chi connectivity index (χ1n) is 9.72. The highest BCUT2D eigenvalue weighted by atomic mass is 35.5. The van der Waals surface area contributed by atoms with Crippen molar-refractivity contribution < 1.29 is 9.28 Å². The highest BCUT2D eigenvalue weighted by Crippen LogP contribution is 2.47. The van der Waals surface area contributed by atoms with Crippen molar-refractivity contribution in [3.05, 3.63) is 28.3 Å². The first-order valence-corrected chi connectivity index (χ1v) is 10.1. The van der Waals surface area contributed by atoms with Gasteiger partial charge in [0.25, 0.3) is 5.91 Å². The Morgan fingerprint density at radius 2 is 1.72 bits per heavy atom. The van der Waals surface area contributed by atoms with Crippen LogP contribution in [0.25, 0.3) is 0 Å². The molecule has 0 spiro atoms. The molecule has 2 rings (SSSR count). The Balaban J connectivity index is 0.00000151. The number of aryl methyl sites for hydroxylation is 2. The standard InChI is InChI=1S/C19H29ClN2O.C2H6/c1-6-8-11-22(5,7-2)19(9-10-19)18(23)21-17-14(3)12-16(20)13-15(17)4;1-2/h12-13H,6-11H2,1-5H3;1-2H3/p+1. The number of nitrogens with one attached hydrogen (secondary N) is 1. The Morgan fingerprint density at radius 3 is 2.12 bits per heavy atom. The molecule has 0 bridgehead atoms. The molecule has 1 aliphatic rings. The molecular formula is C21H36ClN2O+. The van der Waals surface area contributed by atoms with Crippen LogP contribution >= 0.6 is 11.6 Å². The second-order valence-corrected chi connectivity index (χ2v) is 7.63. The summed E-state index contributed by atoms with van der Waals surface area (Å²) < 4.78 is 0.846. The van der Waals surface area contributed by atoms with E-state index in [1.165, 1.54) is 12.8 Å². The molecule has 3 nitrogen and oxygen atoms in total. The molecule has 1 N–H and O–H groups in total. The van der Waals surface area contributed by atoms with Crippen molar-refractivity contribution in [2.45, 2.75) is 72.8 Å². The number of likely N-dealkylation sites (N-methyl/N-ethyl adjacent to an activating group) is 1. The van der Waals surface area contributed by atoms with E-state index >= 15 is 0 Å². The van der Waals surface area contributed by atoms with Crippen molar-refractivity contribution in [3.8, 4) is 0 Å². The Labute approximate surface area is 159 Å². The van der Waals surface area contributed by atoms with E-state index in [2.05, 4.69) is 26.2 Å². The zero-order valence-corrected chi connectivity index (χ0v) is 17.9. The molecule has 0 radical (unpaired) electrons. The van der Waals surface area contributed by atoms with Crippen LogP contribution in [0.2, 0.25) is 5.02 Å². The normalized spacial score (nSPS) is 17.1. The van der Waals surface area contributed by atoms with Gasteiger partial charge >= 0.3 is 0 Å². The van der Waals surface area contributed by atoms with E-state index in [0.717, 1.165) is 52.3 Å². The highest BCUT2D eigenvalue weighted by Gasteiger charge is 2.63. The zero-order chi connectivity index (χ0) is 19.3. The van der Waals surface area contributed by atoms with E-state index in [-0.39, 0.29) is 11.4 Å². The Bertz CT molecular complexity index is 573. The molecule has 0 saturated heterocycles. The number of unbranched alkanes of at least 4 members (excludes halogenated alkanes) is 1. The number of nitrogens with zero attached hydrogens (tertiary/aromatic N) is 1. The minimum atomic E-state index is -0.248. The van der Waals surface area contributed by atoms with Gasteiger partial charge in [-0.3, -0.25) is 4.79 Å². The predicted molar refractivity (Wildman–Crippen MR) is 109 cm³/mol. The van der Waals surface area contributed by atoms with E-state index < -0.39 is 0 Å². The third kappa shape index (κ3) is 4.57. The van der Waals surface area contributed by atoms with Crippen molar-refractivity contribution in [1.82, 2.24) is 0 Å². The molecule has 0 aliphatic heterocycles. The lowest BCUT2D eigenvalue weighted by Gasteiger charge is -2.41. The van der Waals surface area contributed by atoms with Crippen molar-refractivity contribution in [2.24, 2.45) is 0 Å². The molecule has 1 aromatic carbocycles. The van der Waals surface area contributed by atoms with Crippen molar-refractivity contribution in [2.75, 3.05) is 25.5 Å². The lowest BCUT2D eigenvalue weighted by molar-refractivity contribution is -0.933. The van der Waals surface area contributed by atoms with Gasteiger partial charge in [0.2, 0.25) is 0 Å². The van der Waals surface area contributed by atoms with Gasteiger partial charge in [-0.1, -0.05) is 38.8 Å². The fourth-order valence-electron chi connectivity index (χ4n) is 3.65. The van der Waals surface area contributed by atoms with E-state index in [9.17, 15) is 4.79 Å². The summed E-state index contributed by atoms with van der Waals surface area (Å²) in [4.78, 5) is 13.1. The van der Waals surface area contributed by atoms with Crippen LogP contribution in [-0.4, -0.2) is 36.1 Å². The van der Waals surface area contributed by atoms with E-state index in [1.807, 2.05) is 39.8 Å². The largest absolute Gasteiger partial charge is 0.320 e.